The van der Waals surface area contributed by atoms with Crippen molar-refractivity contribution in [1.29, 1.82) is 0 Å². The SMILES string of the molecule is C=C(C(=O)O)c1cc(-c2cc3c(cc2C)C(C)(C)CCC3(C)C)ccc1O. The van der Waals surface area contributed by atoms with Gasteiger partial charge in [0.05, 0.1) is 5.57 Å². The van der Waals surface area contributed by atoms with Crippen molar-refractivity contribution in [2.75, 3.05) is 0 Å². The molecular formula is C24H28O3. The van der Waals surface area contributed by atoms with E-state index in [1.807, 2.05) is 6.07 Å². The number of rotatable bonds is 3. The number of phenolic OH excluding ortho intramolecular Hbond substituents is 1. The van der Waals surface area contributed by atoms with Crippen molar-refractivity contribution in [2.45, 2.75) is 58.3 Å². The van der Waals surface area contributed by atoms with Crippen LogP contribution in [0.2, 0.25) is 0 Å². The van der Waals surface area contributed by atoms with Crippen LogP contribution in [0, 0.1) is 6.92 Å². The Labute approximate surface area is 161 Å². The van der Waals surface area contributed by atoms with E-state index in [9.17, 15) is 15.0 Å². The lowest BCUT2D eigenvalue weighted by Crippen LogP contribution is -2.34. The van der Waals surface area contributed by atoms with Gasteiger partial charge in [0.25, 0.3) is 0 Å². The number of carboxylic acid groups (broad SMARTS) is 1. The Bertz CT molecular complexity index is 948. The fourth-order valence-corrected chi connectivity index (χ4v) is 4.09. The fourth-order valence-electron chi connectivity index (χ4n) is 4.09. The molecule has 1 aliphatic carbocycles. The number of benzene rings is 2. The van der Waals surface area contributed by atoms with Crippen molar-refractivity contribution in [3.05, 3.63) is 59.2 Å². The molecule has 3 rings (SSSR count). The van der Waals surface area contributed by atoms with Crippen LogP contribution in [0.3, 0.4) is 0 Å². The van der Waals surface area contributed by atoms with Crippen LogP contribution < -0.4 is 0 Å². The maximum Gasteiger partial charge on any atom is 0.335 e. The summed E-state index contributed by atoms with van der Waals surface area (Å²) in [5.41, 5.74) is 6.26. The summed E-state index contributed by atoms with van der Waals surface area (Å²) in [7, 11) is 0. The number of aliphatic carboxylic acids is 1. The molecule has 0 aromatic heterocycles. The molecule has 0 bridgehead atoms. The molecule has 0 aliphatic heterocycles. The average Bonchev–Trinajstić information content (AvgIpc) is 2.59. The van der Waals surface area contributed by atoms with E-state index in [0.717, 1.165) is 29.5 Å². The van der Waals surface area contributed by atoms with Crippen LogP contribution in [-0.4, -0.2) is 16.2 Å². The van der Waals surface area contributed by atoms with Crippen LogP contribution in [0.5, 0.6) is 5.75 Å². The molecule has 3 heteroatoms. The summed E-state index contributed by atoms with van der Waals surface area (Å²) in [6.45, 7) is 14.9. The van der Waals surface area contributed by atoms with Gasteiger partial charge in [-0.05, 0) is 70.5 Å². The van der Waals surface area contributed by atoms with Crippen LogP contribution >= 0.6 is 0 Å². The smallest absolute Gasteiger partial charge is 0.335 e. The summed E-state index contributed by atoms with van der Waals surface area (Å²) in [5, 5.41) is 19.3. The van der Waals surface area contributed by atoms with Crippen molar-refractivity contribution in [1.82, 2.24) is 0 Å². The second-order valence-corrected chi connectivity index (χ2v) is 9.00. The van der Waals surface area contributed by atoms with Crippen LogP contribution in [0.4, 0.5) is 0 Å². The number of carbonyl (C=O) groups is 1. The Morgan fingerprint density at radius 1 is 1.00 bits per heavy atom. The molecule has 0 saturated heterocycles. The number of hydrogen-bond donors (Lipinski definition) is 2. The second-order valence-electron chi connectivity index (χ2n) is 9.00. The lowest BCUT2D eigenvalue weighted by molar-refractivity contribution is -0.130. The number of phenols is 1. The number of hydrogen-bond acceptors (Lipinski definition) is 2. The third-order valence-electron chi connectivity index (χ3n) is 6.09. The van der Waals surface area contributed by atoms with Gasteiger partial charge in [-0.1, -0.05) is 52.5 Å². The maximum atomic E-state index is 11.3. The van der Waals surface area contributed by atoms with Gasteiger partial charge in [0.15, 0.2) is 0 Å². The highest BCUT2D eigenvalue weighted by molar-refractivity contribution is 6.15. The summed E-state index contributed by atoms with van der Waals surface area (Å²) in [6, 6.07) is 9.65. The summed E-state index contributed by atoms with van der Waals surface area (Å²) in [5.74, 6) is -1.20. The lowest BCUT2D eigenvalue weighted by Gasteiger charge is -2.42. The molecule has 0 saturated carbocycles. The lowest BCUT2D eigenvalue weighted by atomic mass is 9.62. The topological polar surface area (TPSA) is 57.5 Å². The van der Waals surface area contributed by atoms with Crippen LogP contribution in [0.15, 0.2) is 36.9 Å². The minimum absolute atomic E-state index is 0.0665. The van der Waals surface area contributed by atoms with Crippen LogP contribution in [-0.2, 0) is 15.6 Å². The first-order chi connectivity index (χ1) is 12.4. The number of carboxylic acids is 1. The van der Waals surface area contributed by atoms with E-state index in [1.165, 1.54) is 11.1 Å². The number of fused-ring (bicyclic) bond motifs is 1. The Morgan fingerprint density at radius 3 is 2.11 bits per heavy atom. The zero-order valence-corrected chi connectivity index (χ0v) is 16.8. The first kappa shape index (κ1) is 19.2. The van der Waals surface area contributed by atoms with Crippen LogP contribution in [0.1, 0.15) is 62.8 Å². The van der Waals surface area contributed by atoms with E-state index in [-0.39, 0.29) is 27.7 Å². The van der Waals surface area contributed by atoms with Gasteiger partial charge in [-0.25, -0.2) is 4.79 Å². The molecule has 142 valence electrons. The predicted octanol–water partition coefficient (Wildman–Crippen LogP) is 5.81. The largest absolute Gasteiger partial charge is 0.507 e. The van der Waals surface area contributed by atoms with E-state index in [0.29, 0.717) is 0 Å². The van der Waals surface area contributed by atoms with Crippen molar-refractivity contribution < 1.29 is 15.0 Å². The second kappa shape index (κ2) is 6.26. The minimum atomic E-state index is -1.13. The van der Waals surface area contributed by atoms with Gasteiger partial charge < -0.3 is 10.2 Å². The minimum Gasteiger partial charge on any atom is -0.507 e. The number of aryl methyl sites for hydroxylation is 1. The van der Waals surface area contributed by atoms with E-state index in [4.69, 9.17) is 0 Å². The van der Waals surface area contributed by atoms with Gasteiger partial charge in [0.2, 0.25) is 0 Å². The molecule has 0 radical (unpaired) electrons. The molecule has 1 aliphatic rings. The monoisotopic (exact) mass is 364 g/mol. The molecule has 27 heavy (non-hydrogen) atoms. The van der Waals surface area contributed by atoms with E-state index in [2.05, 4.69) is 53.3 Å². The Balaban J connectivity index is 2.21. The highest BCUT2D eigenvalue weighted by Gasteiger charge is 2.37. The average molecular weight is 364 g/mol. The quantitative estimate of drug-likeness (QED) is 0.675. The predicted molar refractivity (Wildman–Crippen MR) is 110 cm³/mol. The zero-order valence-electron chi connectivity index (χ0n) is 16.8. The molecule has 0 atom stereocenters. The summed E-state index contributed by atoms with van der Waals surface area (Å²) in [4.78, 5) is 11.3. The van der Waals surface area contributed by atoms with Gasteiger partial charge >= 0.3 is 5.97 Å². The Hall–Kier alpha value is -2.55. The summed E-state index contributed by atoms with van der Waals surface area (Å²) in [6.07, 6.45) is 2.29. The molecule has 2 aromatic carbocycles. The maximum absolute atomic E-state index is 11.3. The van der Waals surface area contributed by atoms with E-state index in [1.54, 1.807) is 12.1 Å². The third kappa shape index (κ3) is 3.27. The Kier molecular flexibility index (Phi) is 4.46. The highest BCUT2D eigenvalue weighted by atomic mass is 16.4. The molecule has 3 nitrogen and oxygen atoms in total. The van der Waals surface area contributed by atoms with Gasteiger partial charge in [0.1, 0.15) is 5.75 Å². The molecule has 0 unspecified atom stereocenters. The standard InChI is InChI=1S/C24H28O3/c1-14-11-19-20(24(5,6)10-9-23(19,3)4)13-17(14)16-7-8-21(25)18(12-16)15(2)22(26)27/h7-8,11-13,25H,2,9-10H2,1,3-6H3,(H,26,27). The molecule has 2 aromatic rings. The molecule has 2 N–H and O–H groups in total. The van der Waals surface area contributed by atoms with Gasteiger partial charge in [-0.3, -0.25) is 0 Å². The number of aromatic hydroxyl groups is 1. The normalized spacial score (nSPS) is 17.2. The Morgan fingerprint density at radius 2 is 1.56 bits per heavy atom. The van der Waals surface area contributed by atoms with Gasteiger partial charge in [0, 0.05) is 5.56 Å². The van der Waals surface area contributed by atoms with Crippen molar-refractivity contribution in [2.24, 2.45) is 0 Å². The van der Waals surface area contributed by atoms with Gasteiger partial charge in [-0.2, -0.15) is 0 Å². The molecule has 0 spiro atoms. The van der Waals surface area contributed by atoms with Crippen molar-refractivity contribution in [3.8, 4) is 16.9 Å². The molecular weight excluding hydrogens is 336 g/mol. The first-order valence-corrected chi connectivity index (χ1v) is 9.35. The highest BCUT2D eigenvalue weighted by Crippen LogP contribution is 2.47. The van der Waals surface area contributed by atoms with E-state index < -0.39 is 5.97 Å². The molecule has 0 heterocycles. The summed E-state index contributed by atoms with van der Waals surface area (Å²) >= 11 is 0. The van der Waals surface area contributed by atoms with Crippen molar-refractivity contribution in [3.63, 3.8) is 0 Å². The molecule has 0 fully saturated rings. The fraction of sp³-hybridized carbons (Fsp3) is 0.375. The third-order valence-corrected chi connectivity index (χ3v) is 6.09. The first-order valence-electron chi connectivity index (χ1n) is 9.35. The zero-order chi connectivity index (χ0) is 20.1. The van der Waals surface area contributed by atoms with Crippen molar-refractivity contribution >= 4 is 11.5 Å². The summed E-state index contributed by atoms with van der Waals surface area (Å²) < 4.78 is 0. The van der Waals surface area contributed by atoms with E-state index >= 15 is 0 Å². The van der Waals surface area contributed by atoms with Crippen LogP contribution in [0.25, 0.3) is 16.7 Å². The van der Waals surface area contributed by atoms with Gasteiger partial charge in [-0.15, -0.1) is 0 Å². The molecule has 0 amide bonds.